The molecule has 2 atom stereocenters. The van der Waals surface area contributed by atoms with E-state index in [1.165, 1.54) is 31.2 Å². The van der Waals surface area contributed by atoms with Gasteiger partial charge in [-0.15, -0.1) is 0 Å². The summed E-state index contributed by atoms with van der Waals surface area (Å²) in [5.41, 5.74) is 0.277. The molecule has 0 saturated carbocycles. The van der Waals surface area contributed by atoms with Crippen LogP contribution in [-0.2, 0) is 14.3 Å². The summed E-state index contributed by atoms with van der Waals surface area (Å²) in [4.78, 5) is 24.2. The summed E-state index contributed by atoms with van der Waals surface area (Å²) >= 11 is 0. The fourth-order valence-electron chi connectivity index (χ4n) is 2.25. The minimum atomic E-state index is -1.07. The molecular formula is C18H16FNO5. The average Bonchev–Trinajstić information content (AvgIpc) is 2.61. The van der Waals surface area contributed by atoms with E-state index in [2.05, 4.69) is 5.32 Å². The van der Waals surface area contributed by atoms with Crippen LogP contribution in [0.1, 0.15) is 6.92 Å². The summed E-state index contributed by atoms with van der Waals surface area (Å²) in [6.45, 7) is 1.41. The van der Waals surface area contributed by atoms with Crippen LogP contribution in [0.3, 0.4) is 0 Å². The monoisotopic (exact) mass is 345 g/mol. The van der Waals surface area contributed by atoms with Crippen molar-refractivity contribution in [2.45, 2.75) is 19.1 Å². The molecule has 7 heteroatoms. The molecular weight excluding hydrogens is 329 g/mol. The third kappa shape index (κ3) is 4.06. The molecule has 1 aliphatic rings. The topological polar surface area (TPSA) is 73.9 Å². The van der Waals surface area contributed by atoms with Gasteiger partial charge in [0.25, 0.3) is 5.91 Å². The minimum Gasteiger partial charge on any atom is -0.485 e. The maximum absolute atomic E-state index is 13.1. The van der Waals surface area contributed by atoms with E-state index in [0.717, 1.165) is 0 Å². The summed E-state index contributed by atoms with van der Waals surface area (Å²) in [7, 11) is 0. The van der Waals surface area contributed by atoms with Gasteiger partial charge in [-0.1, -0.05) is 18.2 Å². The molecule has 2 aromatic rings. The van der Waals surface area contributed by atoms with Crippen molar-refractivity contribution in [2.75, 3.05) is 11.9 Å². The molecule has 6 nitrogen and oxygen atoms in total. The molecule has 3 rings (SSSR count). The molecule has 0 bridgehead atoms. The van der Waals surface area contributed by atoms with Crippen molar-refractivity contribution in [2.24, 2.45) is 0 Å². The summed E-state index contributed by atoms with van der Waals surface area (Å²) in [6.07, 6.45) is -2.03. The summed E-state index contributed by atoms with van der Waals surface area (Å²) < 4.78 is 29.2. The second-order valence-corrected chi connectivity index (χ2v) is 5.44. The number of esters is 1. The van der Waals surface area contributed by atoms with Crippen molar-refractivity contribution < 1.29 is 28.2 Å². The van der Waals surface area contributed by atoms with Crippen LogP contribution in [0.4, 0.5) is 10.1 Å². The first-order valence-corrected chi connectivity index (χ1v) is 7.68. The smallest absolute Gasteiger partial charge is 0.351 e. The molecule has 1 amide bonds. The Labute approximate surface area is 143 Å². The van der Waals surface area contributed by atoms with Gasteiger partial charge in [-0.3, -0.25) is 4.79 Å². The third-order valence-electron chi connectivity index (χ3n) is 3.53. The van der Waals surface area contributed by atoms with Gasteiger partial charge in [0.1, 0.15) is 12.4 Å². The van der Waals surface area contributed by atoms with Gasteiger partial charge in [-0.2, -0.15) is 0 Å². The largest absolute Gasteiger partial charge is 0.485 e. The van der Waals surface area contributed by atoms with E-state index < -0.39 is 29.9 Å². The van der Waals surface area contributed by atoms with Gasteiger partial charge in [-0.05, 0) is 37.3 Å². The molecule has 1 aliphatic heterocycles. The van der Waals surface area contributed by atoms with E-state index in [-0.39, 0.29) is 12.3 Å². The second kappa shape index (κ2) is 7.21. The molecule has 0 radical (unpaired) electrons. The normalized spacial score (nSPS) is 16.6. The number of para-hydroxylation sites is 2. The number of carbonyl (C=O) groups is 2. The van der Waals surface area contributed by atoms with Crippen LogP contribution in [0.5, 0.6) is 11.5 Å². The first kappa shape index (κ1) is 16.8. The zero-order chi connectivity index (χ0) is 17.8. The maximum Gasteiger partial charge on any atom is 0.351 e. The Morgan fingerprint density at radius 3 is 2.72 bits per heavy atom. The lowest BCUT2D eigenvalue weighted by atomic mass is 10.2. The lowest BCUT2D eigenvalue weighted by Crippen LogP contribution is -2.41. The van der Waals surface area contributed by atoms with E-state index in [0.29, 0.717) is 11.5 Å². The molecule has 1 N–H and O–H groups in total. The fraction of sp³-hybridized carbons (Fsp3) is 0.222. The Balaban J connectivity index is 1.56. The van der Waals surface area contributed by atoms with Crippen molar-refractivity contribution in [1.29, 1.82) is 0 Å². The van der Waals surface area contributed by atoms with Crippen LogP contribution in [0.2, 0.25) is 0 Å². The number of hydrogen-bond acceptors (Lipinski definition) is 5. The van der Waals surface area contributed by atoms with Crippen LogP contribution in [0.25, 0.3) is 0 Å². The van der Waals surface area contributed by atoms with Gasteiger partial charge in [0.15, 0.2) is 17.6 Å². The van der Waals surface area contributed by atoms with Gasteiger partial charge in [0.05, 0.1) is 0 Å². The van der Waals surface area contributed by atoms with E-state index in [1.54, 1.807) is 24.3 Å². The molecule has 130 valence electrons. The molecule has 25 heavy (non-hydrogen) atoms. The Bertz CT molecular complexity index is 795. The number of benzene rings is 2. The molecule has 0 fully saturated rings. The van der Waals surface area contributed by atoms with Crippen molar-refractivity contribution in [1.82, 2.24) is 0 Å². The van der Waals surface area contributed by atoms with Crippen LogP contribution in [-0.4, -0.2) is 30.7 Å². The number of carbonyl (C=O) groups excluding carboxylic acids is 2. The van der Waals surface area contributed by atoms with E-state index in [4.69, 9.17) is 14.2 Å². The highest BCUT2D eigenvalue weighted by molar-refractivity contribution is 5.95. The zero-order valence-corrected chi connectivity index (χ0v) is 13.4. The zero-order valence-electron chi connectivity index (χ0n) is 13.4. The van der Waals surface area contributed by atoms with Gasteiger partial charge < -0.3 is 19.5 Å². The minimum absolute atomic E-state index is 0.00587. The highest BCUT2D eigenvalue weighted by Gasteiger charge is 2.31. The summed E-state index contributed by atoms with van der Waals surface area (Å²) in [5.74, 6) is -0.780. The lowest BCUT2D eigenvalue weighted by Gasteiger charge is -2.25. The third-order valence-corrected chi connectivity index (χ3v) is 3.53. The van der Waals surface area contributed by atoms with E-state index in [9.17, 15) is 14.0 Å². The van der Waals surface area contributed by atoms with E-state index >= 15 is 0 Å². The Hall–Kier alpha value is -3.09. The van der Waals surface area contributed by atoms with Gasteiger partial charge >= 0.3 is 5.97 Å². The molecule has 0 spiro atoms. The van der Waals surface area contributed by atoms with Crippen LogP contribution in [0.15, 0.2) is 48.5 Å². The SMILES string of the molecule is C[C@@H](OC(=O)[C@@H]1COc2ccccc2O1)C(=O)Nc1cccc(F)c1. The number of rotatable bonds is 4. The second-order valence-electron chi connectivity index (χ2n) is 5.44. The van der Waals surface area contributed by atoms with Crippen LogP contribution < -0.4 is 14.8 Å². The van der Waals surface area contributed by atoms with E-state index in [1.807, 2.05) is 0 Å². The van der Waals surface area contributed by atoms with Gasteiger partial charge in [0.2, 0.25) is 6.10 Å². The Kier molecular flexibility index (Phi) is 4.83. The predicted octanol–water partition coefficient (Wildman–Crippen LogP) is 2.54. The highest BCUT2D eigenvalue weighted by atomic mass is 19.1. The van der Waals surface area contributed by atoms with Crippen molar-refractivity contribution >= 4 is 17.6 Å². The number of anilines is 1. The van der Waals surface area contributed by atoms with Crippen molar-refractivity contribution in [3.05, 3.63) is 54.3 Å². The quantitative estimate of drug-likeness (QED) is 0.862. The number of halogens is 1. The number of fused-ring (bicyclic) bond motifs is 1. The van der Waals surface area contributed by atoms with Gasteiger partial charge in [-0.25, -0.2) is 9.18 Å². The first-order chi connectivity index (χ1) is 12.0. The number of nitrogens with one attached hydrogen (secondary N) is 1. The van der Waals surface area contributed by atoms with Crippen LogP contribution >= 0.6 is 0 Å². The molecule has 0 saturated heterocycles. The fourth-order valence-corrected chi connectivity index (χ4v) is 2.25. The first-order valence-electron chi connectivity index (χ1n) is 7.68. The molecule has 0 aliphatic carbocycles. The Morgan fingerprint density at radius 1 is 1.20 bits per heavy atom. The lowest BCUT2D eigenvalue weighted by molar-refractivity contribution is -0.162. The number of hydrogen-bond donors (Lipinski definition) is 1. The molecule has 1 heterocycles. The number of ether oxygens (including phenoxy) is 3. The maximum atomic E-state index is 13.1. The van der Waals surface area contributed by atoms with Gasteiger partial charge in [0, 0.05) is 5.69 Å². The Morgan fingerprint density at radius 2 is 1.96 bits per heavy atom. The standard InChI is InChI=1S/C18H16FNO5/c1-11(17(21)20-13-6-4-5-12(19)9-13)24-18(22)16-10-23-14-7-2-3-8-15(14)25-16/h2-9,11,16H,10H2,1H3,(H,20,21)/t11-,16+/m1/s1. The highest BCUT2D eigenvalue weighted by Crippen LogP contribution is 2.31. The molecule has 0 aromatic heterocycles. The predicted molar refractivity (Wildman–Crippen MR) is 86.9 cm³/mol. The molecule has 2 aromatic carbocycles. The van der Waals surface area contributed by atoms with Crippen LogP contribution in [0, 0.1) is 5.82 Å². The summed E-state index contributed by atoms with van der Waals surface area (Å²) in [5, 5.41) is 2.48. The van der Waals surface area contributed by atoms with Crippen molar-refractivity contribution in [3.8, 4) is 11.5 Å². The summed E-state index contributed by atoms with van der Waals surface area (Å²) in [6, 6.07) is 12.4. The van der Waals surface area contributed by atoms with Crippen molar-refractivity contribution in [3.63, 3.8) is 0 Å². The number of amides is 1. The molecule has 0 unspecified atom stereocenters. The average molecular weight is 345 g/mol.